The number of carbonyl (C=O) groups is 1. The van der Waals surface area contributed by atoms with Gasteiger partial charge >= 0.3 is 5.97 Å². The van der Waals surface area contributed by atoms with E-state index in [2.05, 4.69) is 19.9 Å². The highest BCUT2D eigenvalue weighted by Crippen LogP contribution is 2.15. The molecule has 2 heteroatoms. The predicted molar refractivity (Wildman–Crippen MR) is 151 cm³/mol. The third kappa shape index (κ3) is 29.2. The van der Waals surface area contributed by atoms with E-state index in [9.17, 15) is 4.79 Å². The van der Waals surface area contributed by atoms with Crippen molar-refractivity contribution in [2.75, 3.05) is 6.61 Å². The van der Waals surface area contributed by atoms with E-state index in [0.29, 0.717) is 13.0 Å². The van der Waals surface area contributed by atoms with Gasteiger partial charge in [-0.2, -0.15) is 0 Å². The number of ether oxygens (including phenoxy) is 1. The molecule has 0 aromatic heterocycles. The maximum absolute atomic E-state index is 11.7. The molecular weight excluding hydrogens is 416 g/mol. The summed E-state index contributed by atoms with van der Waals surface area (Å²) in [7, 11) is 0. The standard InChI is InChI=1S/C32H62O2/c1-3-5-7-9-10-11-12-13-14-15-16-17-18-19-20-21-22-23-24-25-26-28-30-32(33)34-31-29-27-8-6-4-2/h27,29H,3-26,28,30-31H2,1-2H3/b29-27+. The zero-order valence-electron chi connectivity index (χ0n) is 23.6. The molecule has 0 aromatic carbocycles. The van der Waals surface area contributed by atoms with Crippen molar-refractivity contribution in [1.82, 2.24) is 0 Å². The number of hydrogen-bond donors (Lipinski definition) is 0. The molecule has 0 atom stereocenters. The van der Waals surface area contributed by atoms with Crippen molar-refractivity contribution >= 4 is 5.97 Å². The number of esters is 1. The minimum atomic E-state index is -0.0340. The lowest BCUT2D eigenvalue weighted by Crippen LogP contribution is -2.03. The molecule has 0 rings (SSSR count). The van der Waals surface area contributed by atoms with Crippen LogP contribution in [0.2, 0.25) is 0 Å². The molecule has 0 saturated carbocycles. The molecule has 0 aliphatic heterocycles. The lowest BCUT2D eigenvalue weighted by molar-refractivity contribution is -0.142. The summed E-state index contributed by atoms with van der Waals surface area (Å²) < 4.78 is 5.24. The highest BCUT2D eigenvalue weighted by Gasteiger charge is 2.01. The van der Waals surface area contributed by atoms with Gasteiger partial charge in [0.05, 0.1) is 0 Å². The van der Waals surface area contributed by atoms with Gasteiger partial charge in [0.1, 0.15) is 6.61 Å². The van der Waals surface area contributed by atoms with E-state index in [1.165, 1.54) is 148 Å². The summed E-state index contributed by atoms with van der Waals surface area (Å²) in [5.41, 5.74) is 0. The summed E-state index contributed by atoms with van der Waals surface area (Å²) in [6.45, 7) is 4.93. The zero-order chi connectivity index (χ0) is 24.8. The number of allylic oxidation sites excluding steroid dienone is 1. The van der Waals surface area contributed by atoms with Crippen LogP contribution in [0.25, 0.3) is 0 Å². The average Bonchev–Trinajstić information content (AvgIpc) is 2.84. The molecule has 202 valence electrons. The highest BCUT2D eigenvalue weighted by atomic mass is 16.5. The van der Waals surface area contributed by atoms with Crippen molar-refractivity contribution in [2.45, 2.75) is 181 Å². The molecule has 0 unspecified atom stereocenters. The minimum Gasteiger partial charge on any atom is -0.461 e. The Kier molecular flexibility index (Phi) is 29.5. The summed E-state index contributed by atoms with van der Waals surface area (Å²) in [5, 5.41) is 0. The van der Waals surface area contributed by atoms with Gasteiger partial charge in [0.15, 0.2) is 0 Å². The van der Waals surface area contributed by atoms with Gasteiger partial charge in [-0.15, -0.1) is 0 Å². The molecule has 0 saturated heterocycles. The van der Waals surface area contributed by atoms with E-state index in [0.717, 1.165) is 12.8 Å². The van der Waals surface area contributed by atoms with E-state index in [1.54, 1.807) is 0 Å². The Balaban J connectivity index is 3.12. The molecule has 0 aliphatic rings. The third-order valence-electron chi connectivity index (χ3n) is 6.97. The molecule has 0 heterocycles. The molecule has 0 fully saturated rings. The normalized spacial score (nSPS) is 11.5. The lowest BCUT2D eigenvalue weighted by atomic mass is 10.0. The SMILES string of the molecule is CCCC/C=C/COC(=O)CCCCCCCCCCCCCCCCCCCCCCCC. The summed E-state index contributed by atoms with van der Waals surface area (Å²) in [4.78, 5) is 11.7. The second-order valence-corrected chi connectivity index (χ2v) is 10.5. The fourth-order valence-electron chi connectivity index (χ4n) is 4.60. The Bertz CT molecular complexity index is 415. The highest BCUT2D eigenvalue weighted by molar-refractivity contribution is 5.69. The van der Waals surface area contributed by atoms with Crippen LogP contribution in [-0.2, 0) is 9.53 Å². The van der Waals surface area contributed by atoms with Gasteiger partial charge < -0.3 is 4.74 Å². The Morgan fingerprint density at radius 3 is 1.21 bits per heavy atom. The fraction of sp³-hybridized carbons (Fsp3) is 0.906. The van der Waals surface area contributed by atoms with Gasteiger partial charge in [0.2, 0.25) is 0 Å². The van der Waals surface area contributed by atoms with Crippen LogP contribution in [0.15, 0.2) is 12.2 Å². The lowest BCUT2D eigenvalue weighted by Gasteiger charge is -2.04. The number of rotatable bonds is 28. The third-order valence-corrected chi connectivity index (χ3v) is 6.97. The first-order chi connectivity index (χ1) is 16.8. The summed E-state index contributed by atoms with van der Waals surface area (Å²) >= 11 is 0. The monoisotopic (exact) mass is 478 g/mol. The Labute approximate surface area is 215 Å². The summed E-state index contributed by atoms with van der Waals surface area (Å²) in [6.07, 6.45) is 38.8. The molecule has 0 radical (unpaired) electrons. The molecule has 2 nitrogen and oxygen atoms in total. The van der Waals surface area contributed by atoms with Gasteiger partial charge in [-0.05, 0) is 12.8 Å². The maximum atomic E-state index is 11.7. The van der Waals surface area contributed by atoms with Crippen LogP contribution < -0.4 is 0 Å². The predicted octanol–water partition coefficient (Wildman–Crippen LogP) is 11.3. The largest absolute Gasteiger partial charge is 0.461 e. The van der Waals surface area contributed by atoms with Crippen molar-refractivity contribution in [3.63, 3.8) is 0 Å². The quantitative estimate of drug-likeness (QED) is 0.0634. The van der Waals surface area contributed by atoms with Crippen LogP contribution in [-0.4, -0.2) is 12.6 Å². The van der Waals surface area contributed by atoms with Crippen molar-refractivity contribution in [3.8, 4) is 0 Å². The van der Waals surface area contributed by atoms with E-state index < -0.39 is 0 Å². The number of carbonyl (C=O) groups excluding carboxylic acids is 1. The van der Waals surface area contributed by atoms with Crippen LogP contribution in [0.5, 0.6) is 0 Å². The second-order valence-electron chi connectivity index (χ2n) is 10.5. The zero-order valence-corrected chi connectivity index (χ0v) is 23.6. The van der Waals surface area contributed by atoms with E-state index in [4.69, 9.17) is 4.74 Å². The Morgan fingerprint density at radius 2 is 0.824 bits per heavy atom. The Hall–Kier alpha value is -0.790. The van der Waals surface area contributed by atoms with E-state index in [1.807, 2.05) is 6.08 Å². The first kappa shape index (κ1) is 33.2. The van der Waals surface area contributed by atoms with Crippen molar-refractivity contribution < 1.29 is 9.53 Å². The molecule has 0 spiro atoms. The van der Waals surface area contributed by atoms with Crippen molar-refractivity contribution in [3.05, 3.63) is 12.2 Å². The molecule has 34 heavy (non-hydrogen) atoms. The van der Waals surface area contributed by atoms with Crippen molar-refractivity contribution in [1.29, 1.82) is 0 Å². The van der Waals surface area contributed by atoms with E-state index in [-0.39, 0.29) is 5.97 Å². The summed E-state index contributed by atoms with van der Waals surface area (Å²) in [5.74, 6) is -0.0340. The molecule has 0 N–H and O–H groups in total. The van der Waals surface area contributed by atoms with Crippen LogP contribution >= 0.6 is 0 Å². The van der Waals surface area contributed by atoms with Gasteiger partial charge in [-0.3, -0.25) is 4.79 Å². The number of unbranched alkanes of at least 4 members (excludes halogenated alkanes) is 23. The molecule has 0 aromatic rings. The Morgan fingerprint density at radius 1 is 0.471 bits per heavy atom. The van der Waals surface area contributed by atoms with Gasteiger partial charge in [0, 0.05) is 6.42 Å². The number of hydrogen-bond acceptors (Lipinski definition) is 2. The second kappa shape index (κ2) is 30.2. The van der Waals surface area contributed by atoms with Crippen LogP contribution in [0, 0.1) is 0 Å². The topological polar surface area (TPSA) is 26.3 Å². The van der Waals surface area contributed by atoms with Crippen molar-refractivity contribution in [2.24, 2.45) is 0 Å². The summed E-state index contributed by atoms with van der Waals surface area (Å²) in [6, 6.07) is 0. The van der Waals surface area contributed by atoms with Gasteiger partial charge in [-0.1, -0.05) is 174 Å². The van der Waals surface area contributed by atoms with Crippen LogP contribution in [0.1, 0.15) is 181 Å². The van der Waals surface area contributed by atoms with Gasteiger partial charge in [0.25, 0.3) is 0 Å². The molecule has 0 amide bonds. The van der Waals surface area contributed by atoms with E-state index >= 15 is 0 Å². The minimum absolute atomic E-state index is 0.0340. The van der Waals surface area contributed by atoms with Crippen LogP contribution in [0.3, 0.4) is 0 Å². The smallest absolute Gasteiger partial charge is 0.306 e. The molecule has 0 bridgehead atoms. The molecular formula is C32H62O2. The average molecular weight is 479 g/mol. The maximum Gasteiger partial charge on any atom is 0.306 e. The van der Waals surface area contributed by atoms with Gasteiger partial charge in [-0.25, -0.2) is 0 Å². The first-order valence-corrected chi connectivity index (χ1v) is 15.6. The first-order valence-electron chi connectivity index (χ1n) is 15.6. The fourth-order valence-corrected chi connectivity index (χ4v) is 4.60. The van der Waals surface area contributed by atoms with Crippen LogP contribution in [0.4, 0.5) is 0 Å². The molecule has 0 aliphatic carbocycles.